The lowest BCUT2D eigenvalue weighted by Crippen LogP contribution is -2.41. The maximum atomic E-state index is 5.90. The SMILES string of the molecule is CN=C(NCCc1ccc(Cl)s1)NCC1CCC1.I. The third-order valence-electron chi connectivity index (χ3n) is 3.30. The molecule has 0 atom stereocenters. The van der Waals surface area contributed by atoms with E-state index in [9.17, 15) is 0 Å². The second kappa shape index (κ2) is 9.02. The van der Waals surface area contributed by atoms with Crippen molar-refractivity contribution in [1.82, 2.24) is 10.6 Å². The van der Waals surface area contributed by atoms with Gasteiger partial charge in [0.15, 0.2) is 5.96 Å². The van der Waals surface area contributed by atoms with Crippen LogP contribution >= 0.6 is 46.9 Å². The van der Waals surface area contributed by atoms with E-state index in [-0.39, 0.29) is 24.0 Å². The van der Waals surface area contributed by atoms with Gasteiger partial charge >= 0.3 is 0 Å². The topological polar surface area (TPSA) is 36.4 Å². The molecule has 1 fully saturated rings. The molecule has 108 valence electrons. The average Bonchev–Trinajstić information content (AvgIpc) is 2.71. The van der Waals surface area contributed by atoms with Crippen molar-refractivity contribution in [2.45, 2.75) is 25.7 Å². The van der Waals surface area contributed by atoms with Gasteiger partial charge in [-0.05, 0) is 37.3 Å². The van der Waals surface area contributed by atoms with Crippen LogP contribution in [0.1, 0.15) is 24.1 Å². The number of halogens is 2. The molecule has 6 heteroatoms. The summed E-state index contributed by atoms with van der Waals surface area (Å²) in [6.07, 6.45) is 5.09. The van der Waals surface area contributed by atoms with Gasteiger partial charge in [0.2, 0.25) is 0 Å². The van der Waals surface area contributed by atoms with E-state index in [4.69, 9.17) is 11.6 Å². The Morgan fingerprint density at radius 1 is 1.42 bits per heavy atom. The summed E-state index contributed by atoms with van der Waals surface area (Å²) in [5.74, 6) is 1.75. The van der Waals surface area contributed by atoms with Crippen LogP contribution in [-0.2, 0) is 6.42 Å². The van der Waals surface area contributed by atoms with Crippen molar-refractivity contribution in [2.24, 2.45) is 10.9 Å². The highest BCUT2D eigenvalue weighted by Crippen LogP contribution is 2.25. The average molecular weight is 414 g/mol. The van der Waals surface area contributed by atoms with Crippen LogP contribution in [0, 0.1) is 5.92 Å². The summed E-state index contributed by atoms with van der Waals surface area (Å²) in [6, 6.07) is 4.03. The van der Waals surface area contributed by atoms with Crippen molar-refractivity contribution in [3.63, 3.8) is 0 Å². The molecule has 2 N–H and O–H groups in total. The maximum absolute atomic E-state index is 5.90. The van der Waals surface area contributed by atoms with Gasteiger partial charge in [-0.1, -0.05) is 18.0 Å². The van der Waals surface area contributed by atoms with Gasteiger partial charge in [-0.3, -0.25) is 4.99 Å². The Morgan fingerprint density at radius 2 is 2.21 bits per heavy atom. The van der Waals surface area contributed by atoms with Gasteiger partial charge in [0.05, 0.1) is 4.34 Å². The second-order valence-corrected chi connectivity index (χ2v) is 6.43. The highest BCUT2D eigenvalue weighted by molar-refractivity contribution is 14.0. The second-order valence-electron chi connectivity index (χ2n) is 4.63. The molecular formula is C13H21ClIN3S. The summed E-state index contributed by atoms with van der Waals surface area (Å²) in [5.41, 5.74) is 0. The molecule has 0 amide bonds. The van der Waals surface area contributed by atoms with E-state index < -0.39 is 0 Å². The van der Waals surface area contributed by atoms with Gasteiger partial charge < -0.3 is 10.6 Å². The normalized spacial score (nSPS) is 15.6. The van der Waals surface area contributed by atoms with Crippen LogP contribution in [0.2, 0.25) is 4.34 Å². The van der Waals surface area contributed by atoms with Crippen LogP contribution in [0.5, 0.6) is 0 Å². The predicted molar refractivity (Wildman–Crippen MR) is 95.2 cm³/mol. The third kappa shape index (κ3) is 5.87. The van der Waals surface area contributed by atoms with Crippen LogP contribution in [0.4, 0.5) is 0 Å². The summed E-state index contributed by atoms with van der Waals surface area (Å²) < 4.78 is 0.859. The Kier molecular flexibility index (Phi) is 8.09. The largest absolute Gasteiger partial charge is 0.356 e. The minimum atomic E-state index is 0. The molecule has 1 aromatic rings. The number of hydrogen-bond donors (Lipinski definition) is 2. The highest BCUT2D eigenvalue weighted by Gasteiger charge is 2.17. The molecule has 1 heterocycles. The van der Waals surface area contributed by atoms with E-state index in [1.165, 1.54) is 24.1 Å². The van der Waals surface area contributed by atoms with E-state index in [2.05, 4.69) is 21.7 Å². The van der Waals surface area contributed by atoms with E-state index in [0.717, 1.165) is 35.7 Å². The molecule has 1 aliphatic carbocycles. The Hall–Kier alpha value is -0.0100. The summed E-state index contributed by atoms with van der Waals surface area (Å²) in [7, 11) is 1.82. The molecule has 0 aromatic carbocycles. The first-order valence-electron chi connectivity index (χ1n) is 6.46. The van der Waals surface area contributed by atoms with Gasteiger partial charge in [-0.2, -0.15) is 0 Å². The summed E-state index contributed by atoms with van der Waals surface area (Å²) in [4.78, 5) is 5.53. The quantitative estimate of drug-likeness (QED) is 0.440. The zero-order valence-corrected chi connectivity index (χ0v) is 15.0. The molecule has 1 aromatic heterocycles. The molecule has 0 bridgehead atoms. The lowest BCUT2D eigenvalue weighted by Gasteiger charge is -2.26. The smallest absolute Gasteiger partial charge is 0.190 e. The van der Waals surface area contributed by atoms with Crippen LogP contribution in [0.25, 0.3) is 0 Å². The number of rotatable bonds is 5. The molecule has 3 nitrogen and oxygen atoms in total. The van der Waals surface area contributed by atoms with Crippen molar-refractivity contribution in [3.8, 4) is 0 Å². The molecule has 0 spiro atoms. The van der Waals surface area contributed by atoms with Gasteiger partial charge in [-0.15, -0.1) is 35.3 Å². The van der Waals surface area contributed by atoms with Crippen LogP contribution in [-0.4, -0.2) is 26.1 Å². The fourth-order valence-corrected chi connectivity index (χ4v) is 3.04. The van der Waals surface area contributed by atoms with Crippen LogP contribution in [0.3, 0.4) is 0 Å². The van der Waals surface area contributed by atoms with Gasteiger partial charge in [0.25, 0.3) is 0 Å². The molecule has 0 saturated heterocycles. The molecule has 0 radical (unpaired) electrons. The number of thiophene rings is 1. The molecule has 0 unspecified atom stereocenters. The maximum Gasteiger partial charge on any atom is 0.190 e. The molecule has 1 saturated carbocycles. The third-order valence-corrected chi connectivity index (χ3v) is 4.59. The number of nitrogens with one attached hydrogen (secondary N) is 2. The Balaban J connectivity index is 0.00000180. The van der Waals surface area contributed by atoms with E-state index >= 15 is 0 Å². The number of hydrogen-bond acceptors (Lipinski definition) is 2. The summed E-state index contributed by atoms with van der Waals surface area (Å²) >= 11 is 7.54. The lowest BCUT2D eigenvalue weighted by molar-refractivity contribution is 0.314. The highest BCUT2D eigenvalue weighted by atomic mass is 127. The number of aliphatic imine (C=N–C) groups is 1. The minimum Gasteiger partial charge on any atom is -0.356 e. The van der Waals surface area contributed by atoms with Gasteiger partial charge in [0.1, 0.15) is 0 Å². The molecule has 1 aliphatic rings. The van der Waals surface area contributed by atoms with E-state index in [0.29, 0.717) is 0 Å². The van der Waals surface area contributed by atoms with Crippen LogP contribution in [0.15, 0.2) is 17.1 Å². The fraction of sp³-hybridized carbons (Fsp3) is 0.615. The molecule has 0 aliphatic heterocycles. The monoisotopic (exact) mass is 413 g/mol. The first-order valence-corrected chi connectivity index (χ1v) is 7.66. The standard InChI is InChI=1S/C13H20ClN3S.HI/c1-15-13(17-9-10-3-2-4-10)16-8-7-11-5-6-12(14)18-11;/h5-6,10H,2-4,7-9H2,1H3,(H2,15,16,17);1H. The number of guanidine groups is 1. The fourth-order valence-electron chi connectivity index (χ4n) is 1.95. The first kappa shape index (κ1) is 17.0. The Bertz CT molecular complexity index is 404. The number of nitrogens with zero attached hydrogens (tertiary/aromatic N) is 1. The Labute approximate surface area is 141 Å². The van der Waals surface area contributed by atoms with Crippen LogP contribution < -0.4 is 10.6 Å². The first-order chi connectivity index (χ1) is 8.78. The predicted octanol–water partition coefficient (Wildman–Crippen LogP) is 3.53. The van der Waals surface area contributed by atoms with E-state index in [1.807, 2.05) is 13.1 Å². The van der Waals surface area contributed by atoms with Crippen molar-refractivity contribution in [2.75, 3.05) is 20.1 Å². The summed E-state index contributed by atoms with van der Waals surface area (Å²) in [5, 5.41) is 6.71. The van der Waals surface area contributed by atoms with Gasteiger partial charge in [-0.25, -0.2) is 0 Å². The van der Waals surface area contributed by atoms with Crippen molar-refractivity contribution < 1.29 is 0 Å². The summed E-state index contributed by atoms with van der Waals surface area (Å²) in [6.45, 7) is 1.94. The van der Waals surface area contributed by atoms with Gasteiger partial charge in [0, 0.05) is 25.0 Å². The lowest BCUT2D eigenvalue weighted by atomic mass is 9.85. The van der Waals surface area contributed by atoms with Crippen molar-refractivity contribution >= 4 is 52.9 Å². The van der Waals surface area contributed by atoms with Crippen molar-refractivity contribution in [1.29, 1.82) is 0 Å². The molecular weight excluding hydrogens is 393 g/mol. The minimum absolute atomic E-state index is 0. The van der Waals surface area contributed by atoms with Crippen molar-refractivity contribution in [3.05, 3.63) is 21.3 Å². The zero-order chi connectivity index (χ0) is 12.8. The zero-order valence-electron chi connectivity index (χ0n) is 11.1. The Morgan fingerprint density at radius 3 is 2.74 bits per heavy atom. The molecule has 19 heavy (non-hydrogen) atoms. The van der Waals surface area contributed by atoms with E-state index in [1.54, 1.807) is 11.3 Å². The molecule has 2 rings (SSSR count).